The number of aromatic nitrogens is 3. The lowest BCUT2D eigenvalue weighted by atomic mass is 10.0. The van der Waals surface area contributed by atoms with Crippen LogP contribution in [0, 0.1) is 6.92 Å². The first-order valence-corrected chi connectivity index (χ1v) is 8.70. The predicted molar refractivity (Wildman–Crippen MR) is 91.3 cm³/mol. The van der Waals surface area contributed by atoms with Crippen LogP contribution in [0.2, 0.25) is 0 Å². The van der Waals surface area contributed by atoms with Gasteiger partial charge in [-0.25, -0.2) is 9.97 Å². The van der Waals surface area contributed by atoms with Crippen LogP contribution in [0.5, 0.6) is 0 Å². The Hall–Kier alpha value is -2.28. The minimum absolute atomic E-state index is 0.121. The Balaban J connectivity index is 1.67. The summed E-state index contributed by atoms with van der Waals surface area (Å²) in [5.41, 5.74) is 1.98. The highest BCUT2D eigenvalue weighted by molar-refractivity contribution is 5.96. The first-order chi connectivity index (χ1) is 12.1. The van der Waals surface area contributed by atoms with E-state index in [-0.39, 0.29) is 17.7 Å². The van der Waals surface area contributed by atoms with Crippen molar-refractivity contribution >= 4 is 5.91 Å². The molecule has 0 aromatic carbocycles. The van der Waals surface area contributed by atoms with E-state index in [1.165, 1.54) is 0 Å². The lowest BCUT2D eigenvalue weighted by molar-refractivity contribution is 0.0779. The van der Waals surface area contributed by atoms with E-state index in [0.29, 0.717) is 30.2 Å². The lowest BCUT2D eigenvalue weighted by Crippen LogP contribution is -2.25. The highest BCUT2D eigenvalue weighted by Gasteiger charge is 2.22. The van der Waals surface area contributed by atoms with Crippen LogP contribution in [0.25, 0.3) is 0 Å². The molecule has 0 radical (unpaired) electrons. The van der Waals surface area contributed by atoms with Crippen molar-refractivity contribution in [2.45, 2.75) is 52.0 Å². The van der Waals surface area contributed by atoms with Crippen LogP contribution >= 0.6 is 0 Å². The molecule has 25 heavy (non-hydrogen) atoms. The second kappa shape index (κ2) is 7.74. The van der Waals surface area contributed by atoms with E-state index in [0.717, 1.165) is 31.0 Å². The quantitative estimate of drug-likeness (QED) is 0.897. The normalized spacial score (nSPS) is 17.7. The standard InChI is InChI=1S/C18H24N4O3/c1-11(2)16-15(12(3)25-22-16)18(23)20-9-14-6-7-19-17(21-14)13-5-4-8-24-10-13/h6-7,11,13H,4-5,8-10H2,1-3H3,(H,20,23)/t13-/m0/s1. The summed E-state index contributed by atoms with van der Waals surface area (Å²) in [6.45, 7) is 7.52. The minimum atomic E-state index is -0.191. The van der Waals surface area contributed by atoms with E-state index in [1.54, 1.807) is 13.1 Å². The van der Waals surface area contributed by atoms with Crippen LogP contribution in [0.3, 0.4) is 0 Å². The number of hydrogen-bond donors (Lipinski definition) is 1. The molecule has 7 nitrogen and oxygen atoms in total. The lowest BCUT2D eigenvalue weighted by Gasteiger charge is -2.20. The second-order valence-corrected chi connectivity index (χ2v) is 6.66. The zero-order valence-electron chi connectivity index (χ0n) is 14.9. The van der Waals surface area contributed by atoms with Crippen molar-refractivity contribution in [2.24, 2.45) is 0 Å². The molecule has 0 unspecified atom stereocenters. The molecule has 1 saturated heterocycles. The van der Waals surface area contributed by atoms with E-state index >= 15 is 0 Å². The summed E-state index contributed by atoms with van der Waals surface area (Å²) in [6, 6.07) is 1.82. The van der Waals surface area contributed by atoms with Crippen LogP contribution < -0.4 is 5.32 Å². The van der Waals surface area contributed by atoms with Gasteiger partial charge in [-0.05, 0) is 31.7 Å². The fourth-order valence-corrected chi connectivity index (χ4v) is 2.97. The van der Waals surface area contributed by atoms with Crippen molar-refractivity contribution in [2.75, 3.05) is 13.2 Å². The number of nitrogens with one attached hydrogen (secondary N) is 1. The number of hydrogen-bond acceptors (Lipinski definition) is 6. The molecule has 1 aliphatic heterocycles. The Morgan fingerprint density at radius 3 is 3.00 bits per heavy atom. The second-order valence-electron chi connectivity index (χ2n) is 6.66. The number of carbonyl (C=O) groups is 1. The molecule has 1 atom stereocenters. The summed E-state index contributed by atoms with van der Waals surface area (Å²) in [5.74, 6) is 1.48. The first-order valence-electron chi connectivity index (χ1n) is 8.70. The third kappa shape index (κ3) is 4.04. The monoisotopic (exact) mass is 344 g/mol. The maximum Gasteiger partial charge on any atom is 0.257 e. The van der Waals surface area contributed by atoms with E-state index in [2.05, 4.69) is 20.4 Å². The topological polar surface area (TPSA) is 90.1 Å². The van der Waals surface area contributed by atoms with Crippen molar-refractivity contribution in [3.05, 3.63) is 40.8 Å². The van der Waals surface area contributed by atoms with Crippen LogP contribution in [0.1, 0.15) is 71.9 Å². The van der Waals surface area contributed by atoms with Crippen LogP contribution in [0.15, 0.2) is 16.8 Å². The van der Waals surface area contributed by atoms with Gasteiger partial charge in [-0.3, -0.25) is 4.79 Å². The fraction of sp³-hybridized carbons (Fsp3) is 0.556. The Bertz CT molecular complexity index is 736. The van der Waals surface area contributed by atoms with E-state index in [9.17, 15) is 4.79 Å². The van der Waals surface area contributed by atoms with Gasteiger partial charge in [0, 0.05) is 18.7 Å². The number of ether oxygens (including phenoxy) is 1. The molecule has 0 spiro atoms. The predicted octanol–water partition coefficient (Wildman–Crippen LogP) is 2.72. The van der Waals surface area contributed by atoms with Crippen molar-refractivity contribution in [1.82, 2.24) is 20.4 Å². The molecule has 1 fully saturated rings. The molecule has 3 heterocycles. The molecule has 0 aliphatic carbocycles. The van der Waals surface area contributed by atoms with Crippen molar-refractivity contribution < 1.29 is 14.1 Å². The average molecular weight is 344 g/mol. The van der Waals surface area contributed by atoms with E-state index in [1.807, 2.05) is 19.9 Å². The molecule has 7 heteroatoms. The largest absolute Gasteiger partial charge is 0.381 e. The molecule has 3 rings (SSSR count). The maximum absolute atomic E-state index is 12.5. The number of carbonyl (C=O) groups excluding carboxylic acids is 1. The van der Waals surface area contributed by atoms with Gasteiger partial charge in [-0.1, -0.05) is 19.0 Å². The summed E-state index contributed by atoms with van der Waals surface area (Å²) in [7, 11) is 0. The zero-order chi connectivity index (χ0) is 17.8. The average Bonchev–Trinajstić information content (AvgIpc) is 3.03. The highest BCUT2D eigenvalue weighted by Crippen LogP contribution is 2.23. The molecule has 0 bridgehead atoms. The van der Waals surface area contributed by atoms with E-state index in [4.69, 9.17) is 9.26 Å². The Labute approximate surface area is 147 Å². The number of aryl methyl sites for hydroxylation is 1. The summed E-state index contributed by atoms with van der Waals surface area (Å²) < 4.78 is 10.7. The van der Waals surface area contributed by atoms with Crippen molar-refractivity contribution in [3.8, 4) is 0 Å². The molecular formula is C18H24N4O3. The number of amides is 1. The first kappa shape index (κ1) is 17.5. The third-order valence-electron chi connectivity index (χ3n) is 4.35. The smallest absolute Gasteiger partial charge is 0.257 e. The highest BCUT2D eigenvalue weighted by atomic mass is 16.5. The summed E-state index contributed by atoms with van der Waals surface area (Å²) in [5, 5.41) is 6.90. The van der Waals surface area contributed by atoms with Crippen LogP contribution in [-0.4, -0.2) is 34.2 Å². The summed E-state index contributed by atoms with van der Waals surface area (Å²) >= 11 is 0. The number of nitrogens with zero attached hydrogens (tertiary/aromatic N) is 3. The minimum Gasteiger partial charge on any atom is -0.381 e. The zero-order valence-corrected chi connectivity index (χ0v) is 14.9. The van der Waals surface area contributed by atoms with Gasteiger partial charge in [0.1, 0.15) is 17.1 Å². The molecule has 0 saturated carbocycles. The summed E-state index contributed by atoms with van der Waals surface area (Å²) in [6.07, 6.45) is 3.80. The van der Waals surface area contributed by atoms with Gasteiger partial charge in [0.25, 0.3) is 5.91 Å². The van der Waals surface area contributed by atoms with Gasteiger partial charge < -0.3 is 14.6 Å². The van der Waals surface area contributed by atoms with Crippen molar-refractivity contribution in [3.63, 3.8) is 0 Å². The Morgan fingerprint density at radius 2 is 2.28 bits per heavy atom. The van der Waals surface area contributed by atoms with E-state index < -0.39 is 0 Å². The molecule has 1 N–H and O–H groups in total. The van der Waals surface area contributed by atoms with Gasteiger partial charge in [0.15, 0.2) is 0 Å². The van der Waals surface area contributed by atoms with Crippen LogP contribution in [0.4, 0.5) is 0 Å². The fourth-order valence-electron chi connectivity index (χ4n) is 2.97. The molecular weight excluding hydrogens is 320 g/mol. The summed E-state index contributed by atoms with van der Waals surface area (Å²) in [4.78, 5) is 21.5. The third-order valence-corrected chi connectivity index (χ3v) is 4.35. The molecule has 134 valence electrons. The van der Waals surface area contributed by atoms with Gasteiger partial charge in [-0.15, -0.1) is 0 Å². The molecule has 2 aromatic heterocycles. The van der Waals surface area contributed by atoms with Gasteiger partial charge in [-0.2, -0.15) is 0 Å². The van der Waals surface area contributed by atoms with Crippen molar-refractivity contribution in [1.29, 1.82) is 0 Å². The molecule has 2 aromatic rings. The van der Waals surface area contributed by atoms with Gasteiger partial charge in [0.05, 0.1) is 24.5 Å². The number of rotatable bonds is 5. The SMILES string of the molecule is Cc1onc(C(C)C)c1C(=O)NCc1ccnc([C@H]2CCCOC2)n1. The van der Waals surface area contributed by atoms with Crippen LogP contribution in [-0.2, 0) is 11.3 Å². The molecule has 1 aliphatic rings. The Kier molecular flexibility index (Phi) is 5.43. The Morgan fingerprint density at radius 1 is 1.44 bits per heavy atom. The molecule has 1 amide bonds. The van der Waals surface area contributed by atoms with Gasteiger partial charge >= 0.3 is 0 Å². The van der Waals surface area contributed by atoms with Gasteiger partial charge in [0.2, 0.25) is 0 Å². The maximum atomic E-state index is 12.5.